The number of aryl methyl sites for hydroxylation is 1. The molecule has 0 fully saturated rings. The van der Waals surface area contributed by atoms with Crippen LogP contribution in [0.1, 0.15) is 12.2 Å². The summed E-state index contributed by atoms with van der Waals surface area (Å²) in [5, 5.41) is 5.26. The van der Waals surface area contributed by atoms with Crippen molar-refractivity contribution in [2.24, 2.45) is 5.92 Å². The number of urea groups is 1. The molecule has 0 spiro atoms. The number of nitrogens with zero attached hydrogens (tertiary/aromatic N) is 3. The summed E-state index contributed by atoms with van der Waals surface area (Å²) in [6, 6.07) is 1.02. The molecule has 2 aromatic heterocycles. The van der Waals surface area contributed by atoms with Crippen molar-refractivity contribution in [1.29, 1.82) is 0 Å². The van der Waals surface area contributed by atoms with E-state index in [1.54, 1.807) is 6.20 Å². The Morgan fingerprint density at radius 1 is 1.48 bits per heavy atom. The van der Waals surface area contributed by atoms with Crippen LogP contribution in [0.3, 0.4) is 0 Å². The quantitative estimate of drug-likeness (QED) is 0.905. The van der Waals surface area contributed by atoms with E-state index in [2.05, 4.69) is 25.2 Å². The van der Waals surface area contributed by atoms with Gasteiger partial charge < -0.3 is 15.2 Å². The molecule has 0 saturated carbocycles. The molecule has 0 aliphatic carbocycles. The lowest BCUT2D eigenvalue weighted by molar-refractivity contribution is 0.247. The van der Waals surface area contributed by atoms with E-state index in [0.29, 0.717) is 12.5 Å². The summed E-state index contributed by atoms with van der Waals surface area (Å²) in [4.78, 5) is 19.7. The molecular formula is C14H16FN5O. The highest BCUT2D eigenvalue weighted by molar-refractivity contribution is 5.89. The summed E-state index contributed by atoms with van der Waals surface area (Å²) in [5.41, 5.74) is 0.128. The van der Waals surface area contributed by atoms with Gasteiger partial charge in [0.25, 0.3) is 0 Å². The zero-order valence-electron chi connectivity index (χ0n) is 11.4. The molecule has 21 heavy (non-hydrogen) atoms. The predicted octanol–water partition coefficient (Wildman–Crippen LogP) is 1.80. The Bertz CT molecular complexity index is 642. The number of rotatable bonds is 3. The number of carbonyl (C=O) groups excluding carboxylic acids is 1. The molecule has 7 heteroatoms. The summed E-state index contributed by atoms with van der Waals surface area (Å²) in [7, 11) is 0. The summed E-state index contributed by atoms with van der Waals surface area (Å²) >= 11 is 0. The zero-order chi connectivity index (χ0) is 14.7. The van der Waals surface area contributed by atoms with Crippen molar-refractivity contribution in [2.45, 2.75) is 19.4 Å². The van der Waals surface area contributed by atoms with Gasteiger partial charge in [0.15, 0.2) is 5.82 Å². The number of carbonyl (C=O) groups is 1. The van der Waals surface area contributed by atoms with Crippen LogP contribution < -0.4 is 10.6 Å². The van der Waals surface area contributed by atoms with Crippen LogP contribution in [0.2, 0.25) is 0 Å². The lowest BCUT2D eigenvalue weighted by atomic mass is 9.99. The fraction of sp³-hybridized carbons (Fsp3) is 0.357. The largest absolute Gasteiger partial charge is 0.338 e. The summed E-state index contributed by atoms with van der Waals surface area (Å²) in [6.45, 7) is 1.40. The average molecular weight is 289 g/mol. The van der Waals surface area contributed by atoms with E-state index in [0.717, 1.165) is 31.4 Å². The van der Waals surface area contributed by atoms with Gasteiger partial charge in [-0.1, -0.05) is 0 Å². The van der Waals surface area contributed by atoms with Crippen LogP contribution in [0.5, 0.6) is 0 Å². The van der Waals surface area contributed by atoms with Crippen LogP contribution in [0.25, 0.3) is 0 Å². The maximum atomic E-state index is 13.4. The molecule has 0 saturated heterocycles. The molecule has 0 aromatic carbocycles. The van der Waals surface area contributed by atoms with Crippen LogP contribution >= 0.6 is 0 Å². The monoisotopic (exact) mass is 289 g/mol. The molecule has 1 aliphatic rings. The van der Waals surface area contributed by atoms with E-state index < -0.39 is 11.8 Å². The van der Waals surface area contributed by atoms with Crippen LogP contribution in [-0.4, -0.2) is 27.1 Å². The third-order valence-corrected chi connectivity index (χ3v) is 3.60. The predicted molar refractivity (Wildman–Crippen MR) is 75.3 cm³/mol. The normalized spacial score (nSPS) is 17.1. The highest BCUT2D eigenvalue weighted by atomic mass is 19.1. The van der Waals surface area contributed by atoms with Crippen molar-refractivity contribution in [1.82, 2.24) is 19.9 Å². The number of hydrogen-bond acceptors (Lipinski definition) is 3. The first kappa shape index (κ1) is 13.5. The van der Waals surface area contributed by atoms with Crippen molar-refractivity contribution < 1.29 is 9.18 Å². The van der Waals surface area contributed by atoms with Gasteiger partial charge in [0.05, 0.1) is 11.9 Å². The Morgan fingerprint density at radius 2 is 2.38 bits per heavy atom. The Labute approximate surface area is 121 Å². The minimum Gasteiger partial charge on any atom is -0.338 e. The fourth-order valence-electron chi connectivity index (χ4n) is 2.48. The van der Waals surface area contributed by atoms with E-state index in [4.69, 9.17) is 0 Å². The van der Waals surface area contributed by atoms with Gasteiger partial charge in [-0.2, -0.15) is 0 Å². The molecule has 1 aliphatic heterocycles. The van der Waals surface area contributed by atoms with Crippen molar-refractivity contribution in [2.75, 3.05) is 11.9 Å². The number of halogens is 1. The lowest BCUT2D eigenvalue weighted by Crippen LogP contribution is -2.36. The Morgan fingerprint density at radius 3 is 3.24 bits per heavy atom. The highest BCUT2D eigenvalue weighted by Crippen LogP contribution is 2.18. The summed E-state index contributed by atoms with van der Waals surface area (Å²) < 4.78 is 15.5. The van der Waals surface area contributed by atoms with Crippen molar-refractivity contribution in [3.05, 3.63) is 42.5 Å². The number of fused-ring (bicyclic) bond motifs is 1. The summed E-state index contributed by atoms with van der Waals surface area (Å²) in [6.07, 6.45) is 8.15. The van der Waals surface area contributed by atoms with E-state index in [-0.39, 0.29) is 5.69 Å². The molecule has 2 aromatic rings. The van der Waals surface area contributed by atoms with E-state index in [1.165, 1.54) is 12.3 Å². The van der Waals surface area contributed by atoms with E-state index in [9.17, 15) is 9.18 Å². The molecule has 2 amide bonds. The number of aromatic nitrogens is 3. The van der Waals surface area contributed by atoms with Gasteiger partial charge in [-0.3, -0.25) is 4.98 Å². The second-order valence-electron chi connectivity index (χ2n) is 5.09. The molecule has 0 unspecified atom stereocenters. The second-order valence-corrected chi connectivity index (χ2v) is 5.09. The smallest absolute Gasteiger partial charge is 0.319 e. The van der Waals surface area contributed by atoms with Crippen LogP contribution in [0.15, 0.2) is 30.9 Å². The minimum absolute atomic E-state index is 0.128. The van der Waals surface area contributed by atoms with Gasteiger partial charge in [0.1, 0.15) is 5.82 Å². The van der Waals surface area contributed by atoms with Gasteiger partial charge in [-0.05, 0) is 18.4 Å². The zero-order valence-corrected chi connectivity index (χ0v) is 11.4. The molecule has 0 bridgehead atoms. The Balaban J connectivity index is 1.50. The maximum Gasteiger partial charge on any atom is 0.319 e. The lowest BCUT2D eigenvalue weighted by Gasteiger charge is -2.24. The molecule has 6 nitrogen and oxygen atoms in total. The topological polar surface area (TPSA) is 71.8 Å². The molecule has 2 N–H and O–H groups in total. The standard InChI is InChI=1S/C14H16FN5O/c15-11-8-16-4-3-12(11)19-14(21)18-7-10-1-2-13-17-5-6-20(13)9-10/h3-6,8,10H,1-2,7,9H2,(H2,16,18,19,21)/t10-/m1/s1. The third kappa shape index (κ3) is 3.18. The number of nitrogens with one attached hydrogen (secondary N) is 2. The average Bonchev–Trinajstić information content (AvgIpc) is 2.95. The van der Waals surface area contributed by atoms with Gasteiger partial charge in [0.2, 0.25) is 0 Å². The number of hydrogen-bond donors (Lipinski definition) is 2. The molecule has 1 atom stereocenters. The minimum atomic E-state index is -0.548. The van der Waals surface area contributed by atoms with E-state index >= 15 is 0 Å². The second kappa shape index (κ2) is 5.90. The fourth-order valence-corrected chi connectivity index (χ4v) is 2.48. The number of pyridine rings is 1. The maximum absolute atomic E-state index is 13.4. The number of amides is 2. The van der Waals surface area contributed by atoms with Crippen molar-refractivity contribution >= 4 is 11.7 Å². The molecule has 0 radical (unpaired) electrons. The first-order chi connectivity index (χ1) is 10.2. The first-order valence-electron chi connectivity index (χ1n) is 6.87. The van der Waals surface area contributed by atoms with E-state index in [1.807, 2.05) is 6.20 Å². The number of anilines is 1. The van der Waals surface area contributed by atoms with Gasteiger partial charge in [-0.25, -0.2) is 14.2 Å². The molecule has 3 rings (SSSR count). The van der Waals surface area contributed by atoms with Crippen LogP contribution in [-0.2, 0) is 13.0 Å². The highest BCUT2D eigenvalue weighted by Gasteiger charge is 2.19. The molecule has 3 heterocycles. The SMILES string of the molecule is O=C(NC[C@H]1CCc2nccn2C1)Nc1ccncc1F. The number of imidazole rings is 1. The van der Waals surface area contributed by atoms with Gasteiger partial charge >= 0.3 is 6.03 Å². The Kier molecular flexibility index (Phi) is 3.81. The van der Waals surface area contributed by atoms with Crippen molar-refractivity contribution in [3.8, 4) is 0 Å². The first-order valence-corrected chi connectivity index (χ1v) is 6.87. The van der Waals surface area contributed by atoms with Crippen LogP contribution in [0.4, 0.5) is 14.9 Å². The molecular weight excluding hydrogens is 273 g/mol. The van der Waals surface area contributed by atoms with Crippen LogP contribution in [0, 0.1) is 11.7 Å². The Hall–Kier alpha value is -2.44. The van der Waals surface area contributed by atoms with Gasteiger partial charge in [0, 0.05) is 38.1 Å². The third-order valence-electron chi connectivity index (χ3n) is 3.60. The van der Waals surface area contributed by atoms with Gasteiger partial charge in [-0.15, -0.1) is 0 Å². The molecule has 110 valence electrons. The van der Waals surface area contributed by atoms with Crippen molar-refractivity contribution in [3.63, 3.8) is 0 Å². The summed E-state index contributed by atoms with van der Waals surface area (Å²) in [5.74, 6) is 0.905.